The molecule has 1 unspecified atom stereocenters. The van der Waals surface area contributed by atoms with E-state index in [9.17, 15) is 0 Å². The minimum Gasteiger partial charge on any atom is -0.493 e. The number of nitrogens with zero attached hydrogens (tertiary/aromatic N) is 1. The number of methoxy groups -OCH3 is 2. The van der Waals surface area contributed by atoms with Gasteiger partial charge < -0.3 is 20.5 Å². The van der Waals surface area contributed by atoms with Crippen LogP contribution in [0.1, 0.15) is 37.3 Å². The van der Waals surface area contributed by atoms with Gasteiger partial charge in [0.05, 0.1) is 20.8 Å². The van der Waals surface area contributed by atoms with Gasteiger partial charge in [-0.15, -0.1) is 24.0 Å². The SMILES string of the molecule is CCC(C)c1ccc(NC(N)=NCc2cccc(OC)c2OC)cc1.I. The number of anilines is 1. The van der Waals surface area contributed by atoms with Crippen molar-refractivity contribution < 1.29 is 9.47 Å². The van der Waals surface area contributed by atoms with Gasteiger partial charge in [0.2, 0.25) is 0 Å². The van der Waals surface area contributed by atoms with E-state index in [-0.39, 0.29) is 24.0 Å². The van der Waals surface area contributed by atoms with Gasteiger partial charge in [0.25, 0.3) is 0 Å². The second-order valence-electron chi connectivity index (χ2n) is 5.91. The molecular formula is C20H28IN3O2. The molecule has 0 spiro atoms. The number of nitrogens with one attached hydrogen (secondary N) is 1. The molecule has 2 aromatic carbocycles. The Bertz CT molecular complexity index is 717. The third-order valence-corrected chi connectivity index (χ3v) is 4.27. The number of hydrogen-bond donors (Lipinski definition) is 2. The minimum atomic E-state index is 0. The molecule has 0 aromatic heterocycles. The average Bonchev–Trinajstić information content (AvgIpc) is 2.65. The van der Waals surface area contributed by atoms with Crippen LogP contribution >= 0.6 is 24.0 Å². The molecule has 0 saturated carbocycles. The van der Waals surface area contributed by atoms with Crippen molar-refractivity contribution in [2.45, 2.75) is 32.7 Å². The molecule has 26 heavy (non-hydrogen) atoms. The lowest BCUT2D eigenvalue weighted by Gasteiger charge is -2.12. The Morgan fingerprint density at radius 1 is 1.12 bits per heavy atom. The van der Waals surface area contributed by atoms with Crippen LogP contribution in [0.25, 0.3) is 0 Å². The number of rotatable bonds is 7. The highest BCUT2D eigenvalue weighted by molar-refractivity contribution is 14.0. The number of halogens is 1. The zero-order chi connectivity index (χ0) is 18.2. The molecule has 0 aliphatic heterocycles. The third-order valence-electron chi connectivity index (χ3n) is 4.27. The number of benzene rings is 2. The summed E-state index contributed by atoms with van der Waals surface area (Å²) in [5.41, 5.74) is 9.17. The fourth-order valence-corrected chi connectivity index (χ4v) is 2.57. The van der Waals surface area contributed by atoms with Crippen LogP contribution in [0.4, 0.5) is 5.69 Å². The van der Waals surface area contributed by atoms with Gasteiger partial charge in [0.15, 0.2) is 17.5 Å². The van der Waals surface area contributed by atoms with E-state index in [1.807, 2.05) is 30.3 Å². The van der Waals surface area contributed by atoms with Gasteiger partial charge in [-0.3, -0.25) is 0 Å². The topological polar surface area (TPSA) is 68.9 Å². The maximum Gasteiger partial charge on any atom is 0.193 e. The van der Waals surface area contributed by atoms with Crippen LogP contribution in [0, 0.1) is 0 Å². The molecule has 5 nitrogen and oxygen atoms in total. The van der Waals surface area contributed by atoms with E-state index in [4.69, 9.17) is 15.2 Å². The van der Waals surface area contributed by atoms with E-state index in [1.54, 1.807) is 14.2 Å². The summed E-state index contributed by atoms with van der Waals surface area (Å²) in [5, 5.41) is 3.12. The maximum absolute atomic E-state index is 6.01. The molecule has 0 aliphatic rings. The van der Waals surface area contributed by atoms with Crippen molar-refractivity contribution in [3.05, 3.63) is 53.6 Å². The zero-order valence-electron chi connectivity index (χ0n) is 15.8. The van der Waals surface area contributed by atoms with E-state index < -0.39 is 0 Å². The summed E-state index contributed by atoms with van der Waals surface area (Å²) in [7, 11) is 3.23. The predicted molar refractivity (Wildman–Crippen MR) is 119 cm³/mol. The van der Waals surface area contributed by atoms with Crippen molar-refractivity contribution in [2.24, 2.45) is 10.7 Å². The molecule has 3 N–H and O–H groups in total. The molecule has 142 valence electrons. The fourth-order valence-electron chi connectivity index (χ4n) is 2.57. The van der Waals surface area contributed by atoms with Crippen molar-refractivity contribution in [2.75, 3.05) is 19.5 Å². The maximum atomic E-state index is 6.01. The van der Waals surface area contributed by atoms with Crippen molar-refractivity contribution in [1.82, 2.24) is 0 Å². The Labute approximate surface area is 173 Å². The van der Waals surface area contributed by atoms with Crippen LogP contribution < -0.4 is 20.5 Å². The lowest BCUT2D eigenvalue weighted by molar-refractivity contribution is 0.352. The van der Waals surface area contributed by atoms with E-state index >= 15 is 0 Å². The molecule has 6 heteroatoms. The summed E-state index contributed by atoms with van der Waals surface area (Å²) in [6.07, 6.45) is 1.12. The monoisotopic (exact) mass is 469 g/mol. The highest BCUT2D eigenvalue weighted by Gasteiger charge is 2.09. The molecule has 1 atom stereocenters. The summed E-state index contributed by atoms with van der Waals surface area (Å²) in [6, 6.07) is 14.0. The first-order valence-electron chi connectivity index (χ1n) is 8.45. The molecule has 0 fully saturated rings. The van der Waals surface area contributed by atoms with Crippen LogP contribution in [0.3, 0.4) is 0 Å². The van der Waals surface area contributed by atoms with E-state index in [2.05, 4.69) is 36.3 Å². The quantitative estimate of drug-likeness (QED) is 0.349. The predicted octanol–water partition coefficient (Wildman–Crippen LogP) is 4.76. The summed E-state index contributed by atoms with van der Waals surface area (Å²) >= 11 is 0. The van der Waals surface area contributed by atoms with Crippen LogP contribution in [-0.2, 0) is 6.54 Å². The van der Waals surface area contributed by atoms with Gasteiger partial charge >= 0.3 is 0 Å². The van der Waals surface area contributed by atoms with Crippen molar-refractivity contribution in [3.8, 4) is 11.5 Å². The van der Waals surface area contributed by atoms with Crippen LogP contribution in [0.2, 0.25) is 0 Å². The van der Waals surface area contributed by atoms with Crippen LogP contribution in [0.15, 0.2) is 47.5 Å². The lowest BCUT2D eigenvalue weighted by Crippen LogP contribution is -2.22. The number of para-hydroxylation sites is 1. The molecule has 2 rings (SSSR count). The molecule has 0 aliphatic carbocycles. The number of ether oxygens (including phenoxy) is 2. The Hall–Kier alpha value is -1.96. The van der Waals surface area contributed by atoms with Crippen LogP contribution in [-0.4, -0.2) is 20.2 Å². The summed E-state index contributed by atoms with van der Waals surface area (Å²) in [4.78, 5) is 4.40. The Kier molecular flexibility index (Phi) is 9.26. The lowest BCUT2D eigenvalue weighted by atomic mass is 9.99. The van der Waals surface area contributed by atoms with Gasteiger partial charge in [-0.1, -0.05) is 38.1 Å². The second kappa shape index (κ2) is 10.9. The Morgan fingerprint density at radius 3 is 2.38 bits per heavy atom. The average molecular weight is 469 g/mol. The standard InChI is InChI=1S/C20H27N3O2.HI/c1-5-14(2)15-9-11-17(12-10-15)23-20(21)22-13-16-7-6-8-18(24-3)19(16)25-4;/h6-12,14H,5,13H2,1-4H3,(H3,21,22,23);1H. The fraction of sp³-hybridized carbons (Fsp3) is 0.350. The first kappa shape index (κ1) is 22.1. The van der Waals surface area contributed by atoms with Crippen molar-refractivity contribution in [3.63, 3.8) is 0 Å². The van der Waals surface area contributed by atoms with Crippen molar-refractivity contribution in [1.29, 1.82) is 0 Å². The number of hydrogen-bond acceptors (Lipinski definition) is 3. The smallest absolute Gasteiger partial charge is 0.193 e. The largest absolute Gasteiger partial charge is 0.493 e. The first-order valence-corrected chi connectivity index (χ1v) is 8.45. The van der Waals surface area contributed by atoms with E-state index in [0.717, 1.165) is 17.7 Å². The number of nitrogens with two attached hydrogens (primary N) is 1. The second-order valence-corrected chi connectivity index (χ2v) is 5.91. The Morgan fingerprint density at radius 2 is 1.81 bits per heavy atom. The first-order chi connectivity index (χ1) is 12.1. The summed E-state index contributed by atoms with van der Waals surface area (Å²) in [6.45, 7) is 4.82. The highest BCUT2D eigenvalue weighted by atomic mass is 127. The van der Waals surface area contributed by atoms with Crippen LogP contribution in [0.5, 0.6) is 11.5 Å². The van der Waals surface area contributed by atoms with Gasteiger partial charge in [-0.25, -0.2) is 4.99 Å². The number of guanidine groups is 1. The van der Waals surface area contributed by atoms with E-state index in [1.165, 1.54) is 5.56 Å². The molecule has 0 heterocycles. The minimum absolute atomic E-state index is 0. The molecule has 0 bridgehead atoms. The summed E-state index contributed by atoms with van der Waals surface area (Å²) in [5.74, 6) is 2.28. The molecule has 0 saturated heterocycles. The highest BCUT2D eigenvalue weighted by Crippen LogP contribution is 2.31. The summed E-state index contributed by atoms with van der Waals surface area (Å²) < 4.78 is 10.7. The molecule has 2 aromatic rings. The zero-order valence-corrected chi connectivity index (χ0v) is 18.1. The normalized spacial score (nSPS) is 12.1. The van der Waals surface area contributed by atoms with Gasteiger partial charge in [0.1, 0.15) is 0 Å². The molecule has 0 radical (unpaired) electrons. The van der Waals surface area contributed by atoms with Gasteiger partial charge in [-0.2, -0.15) is 0 Å². The molecular weight excluding hydrogens is 441 g/mol. The van der Waals surface area contributed by atoms with Crippen molar-refractivity contribution >= 4 is 35.6 Å². The van der Waals surface area contributed by atoms with Gasteiger partial charge in [0, 0.05) is 11.3 Å². The Balaban J connectivity index is 0.00000338. The third kappa shape index (κ3) is 5.79. The van der Waals surface area contributed by atoms with Gasteiger partial charge in [-0.05, 0) is 36.1 Å². The number of aliphatic imine (C=N–C) groups is 1. The molecule has 0 amide bonds. The van der Waals surface area contributed by atoms with E-state index in [0.29, 0.717) is 29.9 Å².